The zero-order valence-electron chi connectivity index (χ0n) is 13.6. The zero-order valence-corrected chi connectivity index (χ0v) is 14.4. The first-order valence-corrected chi connectivity index (χ1v) is 8.64. The van der Waals surface area contributed by atoms with Gasteiger partial charge in [0.2, 0.25) is 0 Å². The number of aromatic nitrogens is 1. The summed E-state index contributed by atoms with van der Waals surface area (Å²) in [5.41, 5.74) is 2.59. The van der Waals surface area contributed by atoms with E-state index in [-0.39, 0.29) is 17.4 Å². The van der Waals surface area contributed by atoms with Crippen LogP contribution < -0.4 is 0 Å². The van der Waals surface area contributed by atoms with E-state index in [9.17, 15) is 9.18 Å². The van der Waals surface area contributed by atoms with Gasteiger partial charge in [-0.25, -0.2) is 4.39 Å². The molecular formula is C19H18FNO2S. The predicted molar refractivity (Wildman–Crippen MR) is 93.2 cm³/mol. The molecular weight excluding hydrogens is 325 g/mol. The van der Waals surface area contributed by atoms with Crippen molar-refractivity contribution < 1.29 is 13.6 Å². The number of benzene rings is 1. The summed E-state index contributed by atoms with van der Waals surface area (Å²) in [4.78, 5) is 13.0. The maximum Gasteiger partial charge on any atom is 0.174 e. The molecule has 3 rings (SSSR count). The molecule has 2 aromatic heterocycles. The van der Waals surface area contributed by atoms with Crippen LogP contribution in [0.4, 0.5) is 4.39 Å². The van der Waals surface area contributed by atoms with Crippen molar-refractivity contribution in [2.24, 2.45) is 0 Å². The Morgan fingerprint density at radius 3 is 2.71 bits per heavy atom. The van der Waals surface area contributed by atoms with E-state index in [1.807, 2.05) is 32.0 Å². The summed E-state index contributed by atoms with van der Waals surface area (Å²) in [6, 6.07) is 12.2. The van der Waals surface area contributed by atoms with Gasteiger partial charge in [0.15, 0.2) is 5.78 Å². The van der Waals surface area contributed by atoms with E-state index >= 15 is 0 Å². The van der Waals surface area contributed by atoms with Crippen LogP contribution in [0.3, 0.4) is 0 Å². The number of nitrogens with zero attached hydrogens (tertiary/aromatic N) is 1. The number of aryl methyl sites for hydroxylation is 1. The SMILES string of the molecule is Cc1cc(C(=O)CSc2ccccc2F)c(C)n1Cc1ccco1. The van der Waals surface area contributed by atoms with Gasteiger partial charge in [-0.2, -0.15) is 0 Å². The van der Waals surface area contributed by atoms with Crippen LogP contribution in [0.1, 0.15) is 27.5 Å². The number of rotatable bonds is 6. The molecule has 0 bridgehead atoms. The monoisotopic (exact) mass is 343 g/mol. The molecule has 0 saturated carbocycles. The molecule has 0 fully saturated rings. The van der Waals surface area contributed by atoms with Gasteiger partial charge in [0.25, 0.3) is 0 Å². The van der Waals surface area contributed by atoms with E-state index < -0.39 is 0 Å². The summed E-state index contributed by atoms with van der Waals surface area (Å²) in [5.74, 6) is 0.767. The highest BCUT2D eigenvalue weighted by atomic mass is 32.2. The van der Waals surface area contributed by atoms with E-state index in [2.05, 4.69) is 4.57 Å². The van der Waals surface area contributed by atoms with E-state index in [1.165, 1.54) is 17.8 Å². The summed E-state index contributed by atoms with van der Waals surface area (Å²) >= 11 is 1.23. The largest absolute Gasteiger partial charge is 0.467 e. The van der Waals surface area contributed by atoms with Gasteiger partial charge in [0, 0.05) is 21.8 Å². The van der Waals surface area contributed by atoms with Crippen LogP contribution in [0.2, 0.25) is 0 Å². The van der Waals surface area contributed by atoms with E-state index in [0.717, 1.165) is 17.1 Å². The van der Waals surface area contributed by atoms with Crippen LogP contribution in [0.5, 0.6) is 0 Å². The third kappa shape index (κ3) is 3.46. The lowest BCUT2D eigenvalue weighted by molar-refractivity contribution is 0.102. The van der Waals surface area contributed by atoms with Gasteiger partial charge in [0.1, 0.15) is 11.6 Å². The minimum Gasteiger partial charge on any atom is -0.467 e. The molecule has 2 heterocycles. The van der Waals surface area contributed by atoms with Gasteiger partial charge < -0.3 is 8.98 Å². The molecule has 1 aromatic carbocycles. The third-order valence-electron chi connectivity index (χ3n) is 3.96. The number of ketones is 1. The predicted octanol–water partition coefficient (Wildman–Crippen LogP) is 4.86. The second-order valence-electron chi connectivity index (χ2n) is 5.59. The van der Waals surface area contributed by atoms with Crippen LogP contribution in [-0.4, -0.2) is 16.1 Å². The fraction of sp³-hybridized carbons (Fsp3) is 0.211. The Balaban J connectivity index is 1.74. The summed E-state index contributed by atoms with van der Waals surface area (Å²) < 4.78 is 21.1. The van der Waals surface area contributed by atoms with Gasteiger partial charge >= 0.3 is 0 Å². The van der Waals surface area contributed by atoms with Crippen molar-refractivity contribution in [3.05, 3.63) is 77.3 Å². The second kappa shape index (κ2) is 7.09. The first-order valence-electron chi connectivity index (χ1n) is 7.66. The molecule has 124 valence electrons. The Labute approximate surface area is 144 Å². The molecule has 24 heavy (non-hydrogen) atoms. The number of hydrogen-bond donors (Lipinski definition) is 0. The lowest BCUT2D eigenvalue weighted by Gasteiger charge is -2.08. The maximum absolute atomic E-state index is 13.7. The number of halogens is 1. The maximum atomic E-state index is 13.7. The molecule has 0 amide bonds. The molecule has 3 aromatic rings. The molecule has 0 spiro atoms. The van der Waals surface area contributed by atoms with Crippen LogP contribution in [0, 0.1) is 19.7 Å². The standard InChI is InChI=1S/C19H18FNO2S/c1-13-10-16(14(2)21(13)11-15-6-5-9-23-15)18(22)12-24-19-8-4-3-7-17(19)20/h3-10H,11-12H2,1-2H3. The summed E-state index contributed by atoms with van der Waals surface area (Å²) in [6.45, 7) is 4.49. The molecule has 0 unspecified atom stereocenters. The van der Waals surface area contributed by atoms with Crippen LogP contribution in [-0.2, 0) is 6.54 Å². The number of carbonyl (C=O) groups excluding carboxylic acids is 1. The number of carbonyl (C=O) groups is 1. The van der Waals surface area contributed by atoms with Crippen molar-refractivity contribution >= 4 is 17.5 Å². The second-order valence-corrected chi connectivity index (χ2v) is 6.61. The number of hydrogen-bond acceptors (Lipinski definition) is 3. The quantitative estimate of drug-likeness (QED) is 0.473. The molecule has 0 atom stereocenters. The Morgan fingerprint density at radius 2 is 2.00 bits per heavy atom. The number of furan rings is 1. The summed E-state index contributed by atoms with van der Waals surface area (Å²) in [6.07, 6.45) is 1.64. The van der Waals surface area contributed by atoms with Crippen molar-refractivity contribution in [3.8, 4) is 0 Å². The van der Waals surface area contributed by atoms with E-state index in [0.29, 0.717) is 17.0 Å². The molecule has 5 heteroatoms. The van der Waals surface area contributed by atoms with Crippen molar-refractivity contribution in [1.82, 2.24) is 4.57 Å². The molecule has 0 aliphatic heterocycles. The minimum absolute atomic E-state index is 0.00190. The van der Waals surface area contributed by atoms with E-state index in [1.54, 1.807) is 24.5 Å². The average molecular weight is 343 g/mol. The average Bonchev–Trinajstić information content (AvgIpc) is 3.17. The minimum atomic E-state index is -0.293. The number of Topliss-reactive ketones (excluding diaryl/α,β-unsaturated/α-hetero) is 1. The smallest absolute Gasteiger partial charge is 0.174 e. The van der Waals surface area contributed by atoms with Gasteiger partial charge in [-0.05, 0) is 44.2 Å². The summed E-state index contributed by atoms with van der Waals surface area (Å²) in [7, 11) is 0. The molecule has 3 nitrogen and oxygen atoms in total. The highest BCUT2D eigenvalue weighted by molar-refractivity contribution is 8.00. The topological polar surface area (TPSA) is 35.1 Å². The summed E-state index contributed by atoms with van der Waals surface area (Å²) in [5, 5.41) is 0. The van der Waals surface area contributed by atoms with Crippen molar-refractivity contribution in [1.29, 1.82) is 0 Å². The third-order valence-corrected chi connectivity index (χ3v) is 5.01. The lowest BCUT2D eigenvalue weighted by Crippen LogP contribution is -2.07. The van der Waals surface area contributed by atoms with Crippen molar-refractivity contribution in [2.45, 2.75) is 25.3 Å². The van der Waals surface area contributed by atoms with Crippen LogP contribution in [0.25, 0.3) is 0 Å². The Morgan fingerprint density at radius 1 is 1.21 bits per heavy atom. The van der Waals surface area contributed by atoms with Gasteiger partial charge in [-0.15, -0.1) is 11.8 Å². The highest BCUT2D eigenvalue weighted by Gasteiger charge is 2.17. The first-order chi connectivity index (χ1) is 11.6. The molecule has 0 aliphatic carbocycles. The Bertz CT molecular complexity index is 852. The first kappa shape index (κ1) is 16.6. The molecule has 0 aliphatic rings. The van der Waals surface area contributed by atoms with Gasteiger partial charge in [0.05, 0.1) is 18.6 Å². The molecule has 0 N–H and O–H groups in total. The normalized spacial score (nSPS) is 11.0. The zero-order chi connectivity index (χ0) is 17.1. The van der Waals surface area contributed by atoms with Crippen LogP contribution in [0.15, 0.2) is 58.0 Å². The Hall–Kier alpha value is -2.27. The van der Waals surface area contributed by atoms with Gasteiger partial charge in [-0.3, -0.25) is 4.79 Å². The Kier molecular flexibility index (Phi) is 4.90. The fourth-order valence-electron chi connectivity index (χ4n) is 2.67. The van der Waals surface area contributed by atoms with Gasteiger partial charge in [-0.1, -0.05) is 12.1 Å². The fourth-order valence-corrected chi connectivity index (χ4v) is 3.49. The molecule has 0 radical (unpaired) electrons. The number of thioether (sulfide) groups is 1. The van der Waals surface area contributed by atoms with Crippen molar-refractivity contribution in [2.75, 3.05) is 5.75 Å². The van der Waals surface area contributed by atoms with E-state index in [4.69, 9.17) is 4.42 Å². The lowest BCUT2D eigenvalue weighted by atomic mass is 10.2. The highest BCUT2D eigenvalue weighted by Crippen LogP contribution is 2.24. The molecule has 0 saturated heterocycles. The van der Waals surface area contributed by atoms with Crippen molar-refractivity contribution in [3.63, 3.8) is 0 Å². The van der Waals surface area contributed by atoms with Crippen LogP contribution >= 0.6 is 11.8 Å².